The Balaban J connectivity index is 2.35. The molecule has 21 heavy (non-hydrogen) atoms. The first-order chi connectivity index (χ1) is 9.99. The highest BCUT2D eigenvalue weighted by molar-refractivity contribution is 7.71. The molecule has 0 unspecified atom stereocenters. The van der Waals surface area contributed by atoms with Crippen LogP contribution < -0.4 is 5.56 Å². The number of hydrogen-bond acceptors (Lipinski definition) is 6. The minimum atomic E-state index is -0.997. The zero-order valence-corrected chi connectivity index (χ0v) is 12.7. The molecule has 0 bridgehead atoms. The molecule has 0 spiro atoms. The van der Waals surface area contributed by atoms with Crippen molar-refractivity contribution in [3.05, 3.63) is 42.7 Å². The molecule has 0 aliphatic carbocycles. The Hall–Kier alpha value is -2.13. The number of nitrogens with one attached hydrogen (secondary N) is 1. The van der Waals surface area contributed by atoms with Gasteiger partial charge in [-0.15, -0.1) is 11.3 Å². The van der Waals surface area contributed by atoms with Crippen molar-refractivity contribution in [3.63, 3.8) is 0 Å². The van der Waals surface area contributed by atoms with Gasteiger partial charge in [0.25, 0.3) is 5.56 Å². The number of H-pyrrole nitrogens is 1. The first kappa shape index (κ1) is 15.3. The molecular formula is C12H12N4O3S2. The molecule has 0 amide bonds. The van der Waals surface area contributed by atoms with Gasteiger partial charge < -0.3 is 5.11 Å². The van der Waals surface area contributed by atoms with E-state index in [2.05, 4.69) is 15.3 Å². The molecule has 2 aromatic rings. The number of aromatic nitrogens is 3. The van der Waals surface area contributed by atoms with Gasteiger partial charge in [0.15, 0.2) is 0 Å². The number of nitrogens with zero attached hydrogens (tertiary/aromatic N) is 3. The van der Waals surface area contributed by atoms with Crippen LogP contribution in [-0.4, -0.2) is 32.2 Å². The van der Waals surface area contributed by atoms with Crippen LogP contribution in [0.4, 0.5) is 0 Å². The Labute approximate surface area is 128 Å². The summed E-state index contributed by atoms with van der Waals surface area (Å²) >= 11 is 6.48. The summed E-state index contributed by atoms with van der Waals surface area (Å²) in [5, 5.41) is 20.9. The van der Waals surface area contributed by atoms with E-state index in [0.717, 1.165) is 15.1 Å². The molecule has 9 heteroatoms. The Morgan fingerprint density at radius 3 is 3.05 bits per heavy atom. The van der Waals surface area contributed by atoms with E-state index in [4.69, 9.17) is 17.3 Å². The molecule has 0 saturated heterocycles. The first-order valence-corrected chi connectivity index (χ1v) is 7.28. The van der Waals surface area contributed by atoms with E-state index < -0.39 is 11.5 Å². The Morgan fingerprint density at radius 2 is 2.43 bits per heavy atom. The lowest BCUT2D eigenvalue weighted by molar-refractivity contribution is -0.136. The van der Waals surface area contributed by atoms with Crippen LogP contribution in [0.1, 0.15) is 22.6 Å². The minimum Gasteiger partial charge on any atom is -0.481 e. The van der Waals surface area contributed by atoms with Crippen LogP contribution in [-0.2, 0) is 11.2 Å². The van der Waals surface area contributed by atoms with Crippen LogP contribution in [0.3, 0.4) is 0 Å². The summed E-state index contributed by atoms with van der Waals surface area (Å²) in [6.07, 6.45) is 1.39. The van der Waals surface area contributed by atoms with Crippen LogP contribution in [0.15, 0.2) is 21.3 Å². The van der Waals surface area contributed by atoms with E-state index in [-0.39, 0.29) is 23.3 Å². The Bertz CT molecular complexity index is 803. The predicted molar refractivity (Wildman–Crippen MR) is 81.7 cm³/mol. The summed E-state index contributed by atoms with van der Waals surface area (Å²) in [6, 6.07) is 1.94. The van der Waals surface area contributed by atoms with Crippen molar-refractivity contribution in [1.82, 2.24) is 14.9 Å². The molecule has 0 fully saturated rings. The number of aliphatic carboxylic acids is 1. The second kappa shape index (κ2) is 6.55. The van der Waals surface area contributed by atoms with E-state index in [0.29, 0.717) is 0 Å². The highest BCUT2D eigenvalue weighted by atomic mass is 32.1. The topological polar surface area (TPSA) is 100 Å². The summed E-state index contributed by atoms with van der Waals surface area (Å²) < 4.78 is 1.07. The number of thiophene rings is 1. The van der Waals surface area contributed by atoms with E-state index in [1.54, 1.807) is 6.21 Å². The molecule has 7 nitrogen and oxygen atoms in total. The SMILES string of the molecule is Cc1ccsc1/C=N\n1c(=S)[nH]nc(CCC(=O)O)c1=O. The lowest BCUT2D eigenvalue weighted by Gasteiger charge is -2.01. The van der Waals surface area contributed by atoms with Crippen LogP contribution >= 0.6 is 23.6 Å². The lowest BCUT2D eigenvalue weighted by atomic mass is 10.2. The molecular weight excluding hydrogens is 312 g/mol. The van der Waals surface area contributed by atoms with Crippen LogP contribution in [0.2, 0.25) is 0 Å². The number of carboxylic acids is 1. The summed E-state index contributed by atoms with van der Waals surface area (Å²) in [5.41, 5.74) is 0.628. The first-order valence-electron chi connectivity index (χ1n) is 6.00. The molecule has 0 radical (unpaired) electrons. The average Bonchev–Trinajstić information content (AvgIpc) is 2.83. The quantitative estimate of drug-likeness (QED) is 0.642. The maximum Gasteiger partial charge on any atom is 0.303 e. The van der Waals surface area contributed by atoms with Crippen molar-refractivity contribution in [2.24, 2.45) is 5.10 Å². The third-order valence-corrected chi connectivity index (χ3v) is 3.90. The van der Waals surface area contributed by atoms with Crippen LogP contribution in [0.25, 0.3) is 0 Å². The largest absolute Gasteiger partial charge is 0.481 e. The zero-order chi connectivity index (χ0) is 15.4. The summed E-state index contributed by atoms with van der Waals surface area (Å²) in [5.74, 6) is -0.997. The average molecular weight is 324 g/mol. The molecule has 0 aromatic carbocycles. The van der Waals surface area contributed by atoms with Gasteiger partial charge in [0, 0.05) is 6.42 Å². The second-order valence-electron chi connectivity index (χ2n) is 4.20. The number of carbonyl (C=O) groups is 1. The predicted octanol–water partition coefficient (Wildman–Crippen LogP) is 1.57. The van der Waals surface area contributed by atoms with Crippen molar-refractivity contribution < 1.29 is 9.90 Å². The van der Waals surface area contributed by atoms with Crippen molar-refractivity contribution in [2.45, 2.75) is 19.8 Å². The molecule has 0 saturated carbocycles. The van der Waals surface area contributed by atoms with Gasteiger partial charge in [-0.3, -0.25) is 14.7 Å². The van der Waals surface area contributed by atoms with Gasteiger partial charge in [-0.2, -0.15) is 14.9 Å². The number of carboxylic acid groups (broad SMARTS) is 1. The highest BCUT2D eigenvalue weighted by Gasteiger charge is 2.09. The molecule has 110 valence electrons. The van der Waals surface area contributed by atoms with E-state index >= 15 is 0 Å². The van der Waals surface area contributed by atoms with Crippen LogP contribution in [0, 0.1) is 11.7 Å². The monoisotopic (exact) mass is 324 g/mol. The minimum absolute atomic E-state index is 0.0217. The van der Waals surface area contributed by atoms with Gasteiger partial charge in [0.1, 0.15) is 5.69 Å². The number of aromatic amines is 1. The van der Waals surface area contributed by atoms with E-state index in [1.807, 2.05) is 18.4 Å². The molecule has 0 atom stereocenters. The normalized spacial score (nSPS) is 11.1. The molecule has 2 rings (SSSR count). The Morgan fingerprint density at radius 1 is 1.67 bits per heavy atom. The van der Waals surface area contributed by atoms with Gasteiger partial charge in [0.2, 0.25) is 4.77 Å². The third kappa shape index (κ3) is 3.70. The maximum absolute atomic E-state index is 12.2. The summed E-state index contributed by atoms with van der Waals surface area (Å²) in [6.45, 7) is 1.94. The number of rotatable bonds is 5. The summed E-state index contributed by atoms with van der Waals surface area (Å²) in [4.78, 5) is 23.6. The molecule has 2 heterocycles. The molecule has 0 aliphatic heterocycles. The maximum atomic E-state index is 12.2. The van der Waals surface area contributed by atoms with Crippen molar-refractivity contribution in [1.29, 1.82) is 0 Å². The third-order valence-electron chi connectivity index (χ3n) is 2.69. The molecule has 0 aliphatic rings. The van der Waals surface area contributed by atoms with Crippen LogP contribution in [0.5, 0.6) is 0 Å². The fraction of sp³-hybridized carbons (Fsp3) is 0.250. The van der Waals surface area contributed by atoms with Gasteiger partial charge in [-0.1, -0.05) is 0 Å². The zero-order valence-electron chi connectivity index (χ0n) is 11.1. The van der Waals surface area contributed by atoms with Gasteiger partial charge in [-0.05, 0) is 36.2 Å². The smallest absolute Gasteiger partial charge is 0.303 e. The standard InChI is InChI=1S/C12H12N4O3S2/c1-7-4-5-21-9(7)6-13-16-11(19)8(2-3-10(17)18)14-15-12(16)20/h4-6H,2-3H2,1H3,(H,15,20)(H,17,18)/b13-6-. The van der Waals surface area contributed by atoms with Crippen molar-refractivity contribution in [2.75, 3.05) is 0 Å². The van der Waals surface area contributed by atoms with Gasteiger partial charge >= 0.3 is 5.97 Å². The second-order valence-corrected chi connectivity index (χ2v) is 5.53. The number of aryl methyl sites for hydroxylation is 2. The molecule has 2 aromatic heterocycles. The molecule has 2 N–H and O–H groups in total. The highest BCUT2D eigenvalue weighted by Crippen LogP contribution is 2.12. The van der Waals surface area contributed by atoms with Gasteiger partial charge in [-0.25, -0.2) is 0 Å². The van der Waals surface area contributed by atoms with E-state index in [1.165, 1.54) is 11.3 Å². The fourth-order valence-corrected chi connectivity index (χ4v) is 2.50. The lowest BCUT2D eigenvalue weighted by Crippen LogP contribution is -2.25. The number of hydrogen-bond donors (Lipinski definition) is 2. The fourth-order valence-electron chi connectivity index (χ4n) is 1.54. The summed E-state index contributed by atoms with van der Waals surface area (Å²) in [7, 11) is 0. The van der Waals surface area contributed by atoms with Crippen molar-refractivity contribution in [3.8, 4) is 0 Å². The van der Waals surface area contributed by atoms with E-state index in [9.17, 15) is 9.59 Å². The van der Waals surface area contributed by atoms with Crippen molar-refractivity contribution >= 4 is 35.7 Å². The Kier molecular flexibility index (Phi) is 4.76. The van der Waals surface area contributed by atoms with Gasteiger partial charge in [0.05, 0.1) is 17.5 Å².